The van der Waals surface area contributed by atoms with E-state index in [1.807, 2.05) is 6.92 Å². The molecule has 0 spiro atoms. The van der Waals surface area contributed by atoms with E-state index in [-0.39, 0.29) is 11.3 Å². The maximum absolute atomic E-state index is 12.3. The SMILES string of the molecule is CCCCC(C(=O)O)[C@@H]1CC[C@@]2(C)[C@@H](CC[C@@H]3[C@@H]2CC[C@]2(C)[C@@H](C(C)=O)CC[C@@H]32)C1. The van der Waals surface area contributed by atoms with Gasteiger partial charge in [0.15, 0.2) is 0 Å². The molecule has 0 heterocycles. The van der Waals surface area contributed by atoms with Gasteiger partial charge in [0.25, 0.3) is 0 Å². The molecule has 4 aliphatic carbocycles. The zero-order valence-electron chi connectivity index (χ0n) is 19.8. The van der Waals surface area contributed by atoms with E-state index in [9.17, 15) is 14.7 Å². The molecule has 0 amide bonds. The van der Waals surface area contributed by atoms with E-state index in [4.69, 9.17) is 0 Å². The van der Waals surface area contributed by atoms with Gasteiger partial charge in [-0.25, -0.2) is 0 Å². The maximum Gasteiger partial charge on any atom is 0.306 e. The highest BCUT2D eigenvalue weighted by Gasteiger charge is 2.61. The number of Topliss-reactive ketones (excluding diaryl/α,β-unsaturated/α-hetero) is 1. The van der Waals surface area contributed by atoms with Gasteiger partial charge >= 0.3 is 5.97 Å². The lowest BCUT2D eigenvalue weighted by atomic mass is 9.43. The van der Waals surface area contributed by atoms with Crippen molar-refractivity contribution in [1.29, 1.82) is 0 Å². The summed E-state index contributed by atoms with van der Waals surface area (Å²) in [5, 5.41) is 9.87. The molecule has 9 atom stereocenters. The fourth-order valence-electron chi connectivity index (χ4n) is 9.31. The van der Waals surface area contributed by atoms with E-state index in [2.05, 4.69) is 20.8 Å². The number of unbranched alkanes of at least 4 members (excludes halogenated alkanes) is 1. The van der Waals surface area contributed by atoms with Crippen LogP contribution in [-0.4, -0.2) is 16.9 Å². The first-order valence-electron chi connectivity index (χ1n) is 13.0. The Morgan fingerprint density at radius 1 is 0.967 bits per heavy atom. The number of aliphatic carboxylic acids is 1. The van der Waals surface area contributed by atoms with Crippen LogP contribution in [0.3, 0.4) is 0 Å². The third kappa shape index (κ3) is 3.47. The Morgan fingerprint density at radius 3 is 2.33 bits per heavy atom. The molecule has 0 radical (unpaired) electrons. The summed E-state index contributed by atoms with van der Waals surface area (Å²) < 4.78 is 0. The number of carbonyl (C=O) groups is 2. The molecular formula is C27H44O3. The van der Waals surface area contributed by atoms with Gasteiger partial charge in [-0.2, -0.15) is 0 Å². The zero-order valence-corrected chi connectivity index (χ0v) is 19.8. The Bertz CT molecular complexity index is 671. The second kappa shape index (κ2) is 8.24. The molecule has 170 valence electrons. The van der Waals surface area contributed by atoms with E-state index < -0.39 is 5.97 Å². The van der Waals surface area contributed by atoms with Crippen molar-refractivity contribution in [1.82, 2.24) is 0 Å². The highest BCUT2D eigenvalue weighted by atomic mass is 16.4. The predicted molar refractivity (Wildman–Crippen MR) is 120 cm³/mol. The summed E-state index contributed by atoms with van der Waals surface area (Å²) in [6.45, 7) is 8.98. The molecule has 4 rings (SSSR count). The number of hydrogen-bond donors (Lipinski definition) is 1. The lowest BCUT2D eigenvalue weighted by molar-refractivity contribution is -0.151. The smallest absolute Gasteiger partial charge is 0.306 e. The van der Waals surface area contributed by atoms with Gasteiger partial charge in [-0.3, -0.25) is 9.59 Å². The molecular weight excluding hydrogens is 372 g/mol. The molecule has 30 heavy (non-hydrogen) atoms. The highest BCUT2D eigenvalue weighted by molar-refractivity contribution is 5.79. The summed E-state index contributed by atoms with van der Waals surface area (Å²) in [5.74, 6) is 3.43. The second-order valence-corrected chi connectivity index (χ2v) is 12.1. The molecule has 1 unspecified atom stereocenters. The Morgan fingerprint density at radius 2 is 1.67 bits per heavy atom. The Hall–Kier alpha value is -0.860. The minimum atomic E-state index is -0.555. The van der Waals surface area contributed by atoms with Crippen molar-refractivity contribution < 1.29 is 14.7 Å². The van der Waals surface area contributed by atoms with Crippen LogP contribution in [0.4, 0.5) is 0 Å². The normalized spacial score (nSPS) is 46.4. The van der Waals surface area contributed by atoms with Crippen LogP contribution in [0.2, 0.25) is 0 Å². The molecule has 0 saturated heterocycles. The minimum Gasteiger partial charge on any atom is -0.481 e. The fourth-order valence-corrected chi connectivity index (χ4v) is 9.31. The first-order valence-corrected chi connectivity index (χ1v) is 13.0. The van der Waals surface area contributed by atoms with E-state index in [0.717, 1.165) is 56.3 Å². The van der Waals surface area contributed by atoms with Gasteiger partial charge in [-0.1, -0.05) is 33.6 Å². The third-order valence-electron chi connectivity index (χ3n) is 11.0. The quantitative estimate of drug-likeness (QED) is 0.521. The van der Waals surface area contributed by atoms with Crippen LogP contribution in [-0.2, 0) is 9.59 Å². The van der Waals surface area contributed by atoms with E-state index in [1.54, 1.807) is 0 Å². The second-order valence-electron chi connectivity index (χ2n) is 12.1. The number of carbonyl (C=O) groups excluding carboxylic acids is 1. The van der Waals surface area contributed by atoms with E-state index >= 15 is 0 Å². The highest BCUT2D eigenvalue weighted by Crippen LogP contribution is 2.68. The summed E-state index contributed by atoms with van der Waals surface area (Å²) in [7, 11) is 0. The molecule has 0 aliphatic heterocycles. The largest absolute Gasteiger partial charge is 0.481 e. The minimum absolute atomic E-state index is 0.131. The van der Waals surface area contributed by atoms with Crippen LogP contribution in [0.25, 0.3) is 0 Å². The zero-order chi connectivity index (χ0) is 21.7. The summed E-state index contributed by atoms with van der Waals surface area (Å²) in [4.78, 5) is 24.3. The standard InChI is InChI=1S/C27H44O3/c1-5-6-7-20(25(29)30)18-12-14-26(3)19(16-18)8-9-21-23-11-10-22(17(2)28)27(23,4)15-13-24(21)26/h18-24H,5-16H2,1-4H3,(H,29,30)/t18-,19+,20?,21+,22-,23+,24+,26+,27-/m1/s1. The molecule has 4 fully saturated rings. The molecule has 0 bridgehead atoms. The molecule has 4 saturated carbocycles. The van der Waals surface area contributed by atoms with Crippen molar-refractivity contribution in [3.05, 3.63) is 0 Å². The first kappa shape index (κ1) is 22.3. The Balaban J connectivity index is 1.50. The summed E-state index contributed by atoms with van der Waals surface area (Å²) in [6.07, 6.45) is 13.9. The number of fused-ring (bicyclic) bond motifs is 5. The van der Waals surface area contributed by atoms with Crippen molar-refractivity contribution in [3.8, 4) is 0 Å². The van der Waals surface area contributed by atoms with Crippen LogP contribution in [0, 0.1) is 52.3 Å². The molecule has 0 aromatic carbocycles. The first-order chi connectivity index (χ1) is 14.2. The van der Waals surface area contributed by atoms with Crippen LogP contribution in [0.15, 0.2) is 0 Å². The topological polar surface area (TPSA) is 54.4 Å². The molecule has 1 N–H and O–H groups in total. The monoisotopic (exact) mass is 416 g/mol. The summed E-state index contributed by atoms with van der Waals surface area (Å²) >= 11 is 0. The average Bonchev–Trinajstić information content (AvgIpc) is 3.05. The van der Waals surface area contributed by atoms with Gasteiger partial charge in [-0.15, -0.1) is 0 Å². The van der Waals surface area contributed by atoms with E-state index in [1.165, 1.54) is 38.5 Å². The molecule has 4 aliphatic rings. The fraction of sp³-hybridized carbons (Fsp3) is 0.926. The van der Waals surface area contributed by atoms with Gasteiger partial charge in [0.05, 0.1) is 5.92 Å². The molecule has 0 aromatic heterocycles. The number of carboxylic acid groups (broad SMARTS) is 1. The van der Waals surface area contributed by atoms with E-state index in [0.29, 0.717) is 29.0 Å². The summed E-state index contributed by atoms with van der Waals surface area (Å²) in [6, 6.07) is 0. The van der Waals surface area contributed by atoms with Gasteiger partial charge in [-0.05, 0) is 112 Å². The number of ketones is 1. The lowest BCUT2D eigenvalue weighted by Crippen LogP contribution is -2.54. The Labute approximate surface area is 183 Å². The van der Waals surface area contributed by atoms with Crippen LogP contribution < -0.4 is 0 Å². The van der Waals surface area contributed by atoms with Crippen molar-refractivity contribution in [2.75, 3.05) is 0 Å². The number of hydrogen-bond acceptors (Lipinski definition) is 2. The van der Waals surface area contributed by atoms with Crippen molar-refractivity contribution >= 4 is 11.8 Å². The molecule has 0 aromatic rings. The Kier molecular flexibility index (Phi) is 6.14. The van der Waals surface area contributed by atoms with Gasteiger partial charge in [0, 0.05) is 5.92 Å². The molecule has 3 heteroatoms. The van der Waals surface area contributed by atoms with Gasteiger partial charge in [0.1, 0.15) is 5.78 Å². The number of rotatable bonds is 6. The van der Waals surface area contributed by atoms with Crippen LogP contribution in [0.5, 0.6) is 0 Å². The van der Waals surface area contributed by atoms with Crippen LogP contribution in [0.1, 0.15) is 105 Å². The lowest BCUT2D eigenvalue weighted by Gasteiger charge is -2.61. The molecule has 3 nitrogen and oxygen atoms in total. The van der Waals surface area contributed by atoms with Gasteiger partial charge < -0.3 is 5.11 Å². The summed E-state index contributed by atoms with van der Waals surface area (Å²) in [5.41, 5.74) is 0.630. The van der Waals surface area contributed by atoms with Crippen molar-refractivity contribution in [3.63, 3.8) is 0 Å². The average molecular weight is 417 g/mol. The van der Waals surface area contributed by atoms with Crippen molar-refractivity contribution in [2.24, 2.45) is 52.3 Å². The van der Waals surface area contributed by atoms with Crippen molar-refractivity contribution in [2.45, 2.75) is 105 Å². The predicted octanol–water partition coefficient (Wildman–Crippen LogP) is 6.74. The van der Waals surface area contributed by atoms with Gasteiger partial charge in [0.2, 0.25) is 0 Å². The number of carboxylic acids is 1. The van der Waals surface area contributed by atoms with Crippen LogP contribution >= 0.6 is 0 Å². The maximum atomic E-state index is 12.3. The third-order valence-corrected chi connectivity index (χ3v) is 11.0.